The van der Waals surface area contributed by atoms with Crippen molar-refractivity contribution in [2.24, 2.45) is 0 Å². The van der Waals surface area contributed by atoms with E-state index in [4.69, 9.17) is 4.74 Å². The third-order valence-electron chi connectivity index (χ3n) is 3.59. The number of phenolic OH excluding ortho intramolecular Hbond substituents is 1. The van der Waals surface area contributed by atoms with Gasteiger partial charge in [-0.3, -0.25) is 0 Å². The maximum atomic E-state index is 12.1. The first-order valence-electron chi connectivity index (χ1n) is 7.46. The number of carbonyl (C=O) groups is 1. The Kier molecular flexibility index (Phi) is 5.11. The van der Waals surface area contributed by atoms with Crippen molar-refractivity contribution in [3.8, 4) is 11.5 Å². The molecule has 0 fully saturated rings. The first-order valence-corrected chi connectivity index (χ1v) is 7.46. The van der Waals surface area contributed by atoms with Gasteiger partial charge in [0.25, 0.3) is 0 Å². The minimum atomic E-state index is -0.335. The van der Waals surface area contributed by atoms with Gasteiger partial charge in [0, 0.05) is 11.4 Å². The zero-order chi connectivity index (χ0) is 17.0. The molecule has 23 heavy (non-hydrogen) atoms. The van der Waals surface area contributed by atoms with Crippen LogP contribution in [0.15, 0.2) is 36.4 Å². The van der Waals surface area contributed by atoms with Crippen molar-refractivity contribution in [2.45, 2.75) is 26.7 Å². The summed E-state index contributed by atoms with van der Waals surface area (Å²) in [4.78, 5) is 12.1. The van der Waals surface area contributed by atoms with Gasteiger partial charge in [0.05, 0.1) is 7.11 Å². The van der Waals surface area contributed by atoms with E-state index in [9.17, 15) is 9.90 Å². The second-order valence-corrected chi connectivity index (χ2v) is 5.69. The molecule has 2 amide bonds. The Hall–Kier alpha value is -2.69. The molecule has 0 aliphatic heterocycles. The first kappa shape index (κ1) is 16.7. The number of phenols is 1. The van der Waals surface area contributed by atoms with E-state index >= 15 is 0 Å². The lowest BCUT2D eigenvalue weighted by atomic mass is 9.99. The quantitative estimate of drug-likeness (QED) is 0.729. The zero-order valence-corrected chi connectivity index (χ0v) is 13.8. The van der Waals surface area contributed by atoms with Crippen LogP contribution in [0.2, 0.25) is 0 Å². The zero-order valence-electron chi connectivity index (χ0n) is 13.8. The summed E-state index contributed by atoms with van der Waals surface area (Å²) in [7, 11) is 1.59. The highest BCUT2D eigenvalue weighted by Crippen LogP contribution is 2.31. The van der Waals surface area contributed by atoms with Gasteiger partial charge in [-0.1, -0.05) is 13.8 Å². The molecular formula is C18H22N2O3. The van der Waals surface area contributed by atoms with Crippen LogP contribution < -0.4 is 15.4 Å². The molecule has 0 heterocycles. The number of urea groups is 1. The molecule has 0 bridgehead atoms. The van der Waals surface area contributed by atoms with Crippen molar-refractivity contribution < 1.29 is 14.6 Å². The number of hydrogen-bond acceptors (Lipinski definition) is 3. The van der Waals surface area contributed by atoms with E-state index in [1.807, 2.05) is 26.8 Å². The monoisotopic (exact) mass is 314 g/mol. The minimum Gasteiger partial charge on any atom is -0.508 e. The molecule has 2 aromatic rings. The molecule has 5 heteroatoms. The largest absolute Gasteiger partial charge is 0.508 e. The van der Waals surface area contributed by atoms with E-state index in [1.54, 1.807) is 37.4 Å². The van der Waals surface area contributed by atoms with Crippen molar-refractivity contribution in [3.05, 3.63) is 47.5 Å². The maximum absolute atomic E-state index is 12.1. The summed E-state index contributed by atoms with van der Waals surface area (Å²) in [5.41, 5.74) is 2.95. The van der Waals surface area contributed by atoms with Gasteiger partial charge in [0.15, 0.2) is 0 Å². The second kappa shape index (κ2) is 7.05. The average Bonchev–Trinajstić information content (AvgIpc) is 2.50. The molecule has 0 radical (unpaired) electrons. The number of amides is 2. The number of carbonyl (C=O) groups excluding carboxylic acids is 1. The van der Waals surface area contributed by atoms with Gasteiger partial charge in [0.1, 0.15) is 11.5 Å². The van der Waals surface area contributed by atoms with Gasteiger partial charge in [-0.05, 0) is 60.4 Å². The number of aryl methyl sites for hydroxylation is 1. The summed E-state index contributed by atoms with van der Waals surface area (Å²) in [5, 5.41) is 15.5. The Balaban J connectivity index is 2.11. The fourth-order valence-electron chi connectivity index (χ4n) is 2.27. The molecule has 2 rings (SSSR count). The summed E-state index contributed by atoms with van der Waals surface area (Å²) in [6.07, 6.45) is 0. The van der Waals surface area contributed by atoms with Crippen LogP contribution >= 0.6 is 0 Å². The summed E-state index contributed by atoms with van der Waals surface area (Å²) in [6, 6.07) is 10.2. The number of methoxy groups -OCH3 is 1. The van der Waals surface area contributed by atoms with Crippen LogP contribution in [0.3, 0.4) is 0 Å². The smallest absolute Gasteiger partial charge is 0.323 e. The number of anilines is 2. The molecule has 0 saturated heterocycles. The number of benzene rings is 2. The Morgan fingerprint density at radius 3 is 2.35 bits per heavy atom. The van der Waals surface area contributed by atoms with Gasteiger partial charge in [-0.25, -0.2) is 4.79 Å². The molecule has 122 valence electrons. The molecule has 3 N–H and O–H groups in total. The highest BCUT2D eigenvalue weighted by Gasteiger charge is 2.12. The topological polar surface area (TPSA) is 70.6 Å². The highest BCUT2D eigenvalue weighted by molar-refractivity contribution is 6.00. The Morgan fingerprint density at radius 1 is 1.13 bits per heavy atom. The standard InChI is InChI=1S/C18H22N2O3/c1-11(2)15-10-16(12(3)9-17(15)21)20-18(22)19-13-5-7-14(23-4)8-6-13/h5-11,21H,1-4H3,(H2,19,20,22). The predicted molar refractivity (Wildman–Crippen MR) is 92.6 cm³/mol. The van der Waals surface area contributed by atoms with Crippen LogP contribution in [-0.4, -0.2) is 18.2 Å². The molecule has 0 atom stereocenters. The number of ether oxygens (including phenoxy) is 1. The maximum Gasteiger partial charge on any atom is 0.323 e. The highest BCUT2D eigenvalue weighted by atomic mass is 16.5. The van der Waals surface area contributed by atoms with E-state index in [0.717, 1.165) is 16.9 Å². The molecular weight excluding hydrogens is 292 g/mol. The van der Waals surface area contributed by atoms with E-state index in [1.165, 1.54) is 0 Å². The molecule has 5 nitrogen and oxygen atoms in total. The lowest BCUT2D eigenvalue weighted by molar-refractivity contribution is 0.262. The fourth-order valence-corrected chi connectivity index (χ4v) is 2.27. The second-order valence-electron chi connectivity index (χ2n) is 5.69. The van der Waals surface area contributed by atoms with Gasteiger partial charge in [-0.15, -0.1) is 0 Å². The fraction of sp³-hybridized carbons (Fsp3) is 0.278. The number of rotatable bonds is 4. The number of aromatic hydroxyl groups is 1. The molecule has 0 saturated carbocycles. The van der Waals surface area contributed by atoms with Crippen molar-refractivity contribution in [2.75, 3.05) is 17.7 Å². The van der Waals surface area contributed by atoms with Crippen molar-refractivity contribution >= 4 is 17.4 Å². The SMILES string of the molecule is COc1ccc(NC(=O)Nc2cc(C(C)C)c(O)cc2C)cc1. The van der Waals surface area contributed by atoms with Gasteiger partial charge < -0.3 is 20.5 Å². The van der Waals surface area contributed by atoms with E-state index in [2.05, 4.69) is 10.6 Å². The van der Waals surface area contributed by atoms with Crippen LogP contribution in [0, 0.1) is 6.92 Å². The van der Waals surface area contributed by atoms with Crippen molar-refractivity contribution in [3.63, 3.8) is 0 Å². The Bertz CT molecular complexity index is 694. The summed E-state index contributed by atoms with van der Waals surface area (Å²) < 4.78 is 5.08. The van der Waals surface area contributed by atoms with Crippen LogP contribution in [0.5, 0.6) is 11.5 Å². The lowest BCUT2D eigenvalue weighted by Crippen LogP contribution is -2.20. The molecule has 0 aliphatic rings. The first-order chi connectivity index (χ1) is 10.9. The normalized spacial score (nSPS) is 10.5. The predicted octanol–water partition coefficient (Wildman–Crippen LogP) is 4.48. The van der Waals surface area contributed by atoms with Crippen molar-refractivity contribution in [1.29, 1.82) is 0 Å². The van der Waals surface area contributed by atoms with Crippen LogP contribution in [-0.2, 0) is 0 Å². The van der Waals surface area contributed by atoms with Gasteiger partial charge >= 0.3 is 6.03 Å². The third kappa shape index (κ3) is 4.16. The average molecular weight is 314 g/mol. The van der Waals surface area contributed by atoms with Crippen LogP contribution in [0.1, 0.15) is 30.9 Å². The van der Waals surface area contributed by atoms with Crippen LogP contribution in [0.4, 0.5) is 16.2 Å². The molecule has 0 spiro atoms. The number of nitrogens with one attached hydrogen (secondary N) is 2. The summed E-state index contributed by atoms with van der Waals surface area (Å²) in [5.74, 6) is 1.14. The molecule has 2 aromatic carbocycles. The van der Waals surface area contributed by atoms with E-state index < -0.39 is 0 Å². The van der Waals surface area contributed by atoms with E-state index in [0.29, 0.717) is 11.4 Å². The summed E-state index contributed by atoms with van der Waals surface area (Å²) in [6.45, 7) is 5.82. The molecule has 0 unspecified atom stereocenters. The van der Waals surface area contributed by atoms with Gasteiger partial charge in [-0.2, -0.15) is 0 Å². The van der Waals surface area contributed by atoms with Crippen molar-refractivity contribution in [1.82, 2.24) is 0 Å². The minimum absolute atomic E-state index is 0.167. The summed E-state index contributed by atoms with van der Waals surface area (Å²) >= 11 is 0. The van der Waals surface area contributed by atoms with Gasteiger partial charge in [0.2, 0.25) is 0 Å². The Morgan fingerprint density at radius 2 is 1.78 bits per heavy atom. The third-order valence-corrected chi connectivity index (χ3v) is 3.59. The number of hydrogen-bond donors (Lipinski definition) is 3. The van der Waals surface area contributed by atoms with Crippen LogP contribution in [0.25, 0.3) is 0 Å². The Labute approximate surface area is 136 Å². The lowest BCUT2D eigenvalue weighted by Gasteiger charge is -2.15. The molecule has 0 aliphatic carbocycles. The van der Waals surface area contributed by atoms with E-state index in [-0.39, 0.29) is 17.7 Å². The molecule has 0 aromatic heterocycles.